The monoisotopic (exact) mass is 547 g/mol. The number of aromatic nitrogens is 3. The van der Waals surface area contributed by atoms with E-state index in [2.05, 4.69) is 20.2 Å². The fourth-order valence-corrected chi connectivity index (χ4v) is 4.88. The van der Waals surface area contributed by atoms with Crippen molar-refractivity contribution < 1.29 is 22.7 Å². The summed E-state index contributed by atoms with van der Waals surface area (Å²) >= 11 is 1.44. The third-order valence-corrected chi connectivity index (χ3v) is 6.13. The maximum absolute atomic E-state index is 12.4. The predicted molar refractivity (Wildman–Crippen MR) is 138 cm³/mol. The van der Waals surface area contributed by atoms with E-state index in [-0.39, 0.29) is 17.8 Å². The molecule has 0 unspecified atom stereocenters. The van der Waals surface area contributed by atoms with Crippen LogP contribution in [-0.4, -0.2) is 63.8 Å². The van der Waals surface area contributed by atoms with Gasteiger partial charge in [-0.25, -0.2) is 9.97 Å². The van der Waals surface area contributed by atoms with Crippen molar-refractivity contribution in [2.24, 2.45) is 0 Å². The van der Waals surface area contributed by atoms with Crippen LogP contribution < -0.4 is 10.6 Å². The largest absolute Gasteiger partial charge is 0.405 e. The smallest absolute Gasteiger partial charge is 0.373 e. The number of nitrogens with zero attached hydrogens (tertiary/aromatic N) is 5. The van der Waals surface area contributed by atoms with Crippen LogP contribution in [0.1, 0.15) is 36.0 Å². The summed E-state index contributed by atoms with van der Waals surface area (Å²) in [5.41, 5.74) is 1.53. The Balaban J connectivity index is 0.00000127. The zero-order valence-corrected chi connectivity index (χ0v) is 21.9. The summed E-state index contributed by atoms with van der Waals surface area (Å²) in [6, 6.07) is 10.1. The van der Waals surface area contributed by atoms with Crippen molar-refractivity contribution in [1.82, 2.24) is 25.2 Å². The SMILES string of the molecule is CC#N.C[C@@H]1CN(Cc2sc(Nc3cc(C(=O)NCC(F)(F)F)ccn3)nc2-c2ccccn2)C[C@H](C)O1. The van der Waals surface area contributed by atoms with E-state index < -0.39 is 18.6 Å². The number of carbonyl (C=O) groups is 1. The second kappa shape index (κ2) is 13.3. The molecule has 4 rings (SSSR count). The summed E-state index contributed by atoms with van der Waals surface area (Å²) in [6.07, 6.45) is -1.18. The molecule has 2 N–H and O–H groups in total. The number of alkyl halides is 3. The maximum Gasteiger partial charge on any atom is 0.405 e. The Morgan fingerprint density at radius 1 is 1.21 bits per heavy atom. The van der Waals surface area contributed by atoms with Crippen LogP contribution in [0, 0.1) is 11.3 Å². The van der Waals surface area contributed by atoms with E-state index in [4.69, 9.17) is 15.0 Å². The summed E-state index contributed by atoms with van der Waals surface area (Å²) in [5.74, 6) is -0.538. The zero-order chi connectivity index (χ0) is 27.7. The van der Waals surface area contributed by atoms with Crippen molar-refractivity contribution in [2.75, 3.05) is 25.0 Å². The van der Waals surface area contributed by atoms with Crippen LogP contribution in [0.15, 0.2) is 42.7 Å². The Morgan fingerprint density at radius 3 is 2.55 bits per heavy atom. The first kappa shape index (κ1) is 29.0. The molecule has 1 fully saturated rings. The number of pyridine rings is 2. The average molecular weight is 548 g/mol. The number of hydrogen-bond acceptors (Lipinski definition) is 9. The Labute approximate surface area is 222 Å². The minimum absolute atomic E-state index is 0.0600. The normalized spacial score (nSPS) is 17.6. The summed E-state index contributed by atoms with van der Waals surface area (Å²) in [5, 5.41) is 12.8. The van der Waals surface area contributed by atoms with E-state index >= 15 is 0 Å². The molecule has 0 saturated carbocycles. The predicted octanol–water partition coefficient (Wildman–Crippen LogP) is 4.77. The first-order chi connectivity index (χ1) is 18.1. The van der Waals surface area contributed by atoms with Crippen molar-refractivity contribution in [3.8, 4) is 17.5 Å². The molecule has 1 amide bonds. The van der Waals surface area contributed by atoms with E-state index in [0.717, 1.165) is 29.4 Å². The van der Waals surface area contributed by atoms with Gasteiger partial charge in [0.2, 0.25) is 0 Å². The molecular weight excluding hydrogens is 519 g/mol. The number of thiazole rings is 1. The van der Waals surface area contributed by atoms with Crippen LogP contribution in [-0.2, 0) is 11.3 Å². The van der Waals surface area contributed by atoms with Crippen LogP contribution in [0.5, 0.6) is 0 Å². The minimum Gasteiger partial charge on any atom is -0.373 e. The van der Waals surface area contributed by atoms with Gasteiger partial charge in [-0.2, -0.15) is 18.4 Å². The third-order valence-electron chi connectivity index (χ3n) is 5.17. The van der Waals surface area contributed by atoms with Crippen LogP contribution in [0.2, 0.25) is 0 Å². The molecule has 202 valence electrons. The molecule has 4 heterocycles. The topological polar surface area (TPSA) is 116 Å². The lowest BCUT2D eigenvalue weighted by Crippen LogP contribution is -2.44. The number of nitrogens with one attached hydrogen (secondary N) is 2. The lowest BCUT2D eigenvalue weighted by molar-refractivity contribution is -0.123. The Kier molecular flexibility index (Phi) is 10.1. The highest BCUT2D eigenvalue weighted by atomic mass is 32.1. The van der Waals surface area contributed by atoms with Crippen molar-refractivity contribution in [3.63, 3.8) is 0 Å². The molecule has 0 aromatic carbocycles. The highest BCUT2D eigenvalue weighted by Crippen LogP contribution is 2.33. The van der Waals surface area contributed by atoms with Crippen molar-refractivity contribution in [2.45, 2.75) is 45.7 Å². The van der Waals surface area contributed by atoms with Gasteiger partial charge in [-0.15, -0.1) is 0 Å². The van der Waals surface area contributed by atoms with Gasteiger partial charge < -0.3 is 15.4 Å². The van der Waals surface area contributed by atoms with E-state index in [1.807, 2.05) is 37.4 Å². The number of halogens is 3. The van der Waals surface area contributed by atoms with Gasteiger partial charge in [0.25, 0.3) is 5.91 Å². The molecule has 13 heteroatoms. The molecule has 9 nitrogen and oxygen atoms in total. The molecule has 38 heavy (non-hydrogen) atoms. The Hall–Kier alpha value is -3.60. The molecule has 3 aromatic heterocycles. The fourth-order valence-electron chi connectivity index (χ4n) is 3.86. The third kappa shape index (κ3) is 8.76. The first-order valence-electron chi connectivity index (χ1n) is 11.8. The molecule has 2 atom stereocenters. The zero-order valence-electron chi connectivity index (χ0n) is 21.1. The Bertz CT molecular complexity index is 1240. The summed E-state index contributed by atoms with van der Waals surface area (Å²) in [7, 11) is 0. The average Bonchev–Trinajstić information content (AvgIpc) is 3.24. The van der Waals surface area contributed by atoms with E-state index in [9.17, 15) is 18.0 Å². The molecule has 1 aliphatic heterocycles. The number of carbonyl (C=O) groups excluding carboxylic acids is 1. The van der Waals surface area contributed by atoms with E-state index in [1.54, 1.807) is 12.3 Å². The van der Waals surface area contributed by atoms with Gasteiger partial charge in [-0.3, -0.25) is 14.7 Å². The van der Waals surface area contributed by atoms with Gasteiger partial charge in [0.05, 0.1) is 28.8 Å². The van der Waals surface area contributed by atoms with Crippen molar-refractivity contribution in [1.29, 1.82) is 5.26 Å². The number of hydrogen-bond donors (Lipinski definition) is 2. The highest BCUT2D eigenvalue weighted by Gasteiger charge is 2.28. The summed E-state index contributed by atoms with van der Waals surface area (Å²) in [6.45, 7) is 6.37. The van der Waals surface area contributed by atoms with Gasteiger partial charge in [0, 0.05) is 44.5 Å². The van der Waals surface area contributed by atoms with Crippen LogP contribution >= 0.6 is 11.3 Å². The molecule has 0 radical (unpaired) electrons. The maximum atomic E-state index is 12.4. The lowest BCUT2D eigenvalue weighted by atomic mass is 10.2. The van der Waals surface area contributed by atoms with Crippen LogP contribution in [0.4, 0.5) is 24.1 Å². The second-order valence-electron chi connectivity index (χ2n) is 8.53. The molecular formula is C25H28F3N7O2S. The van der Waals surface area contributed by atoms with Crippen molar-refractivity contribution >= 4 is 28.2 Å². The highest BCUT2D eigenvalue weighted by molar-refractivity contribution is 7.16. The summed E-state index contributed by atoms with van der Waals surface area (Å²) < 4.78 is 43.1. The second-order valence-corrected chi connectivity index (χ2v) is 9.62. The van der Waals surface area contributed by atoms with Crippen LogP contribution in [0.3, 0.4) is 0 Å². The molecule has 1 saturated heterocycles. The fraction of sp³-hybridized carbons (Fsp3) is 0.400. The number of ether oxygens (including phenoxy) is 1. The number of rotatable bonds is 7. The standard InChI is InChI=1S/C23H25F3N6O2S.C2H3N/c1-14-10-32(11-15(2)34-14)12-18-20(17-5-3-4-7-27-17)31-22(35-18)30-19-9-16(6-8-28-19)21(33)29-13-23(24,25)26;1-2-3/h3-9,14-15H,10-13H2,1-2H3,(H,29,33)(H,28,30,31);1H3/t14-,15+;. The van der Waals surface area contributed by atoms with Crippen LogP contribution in [0.25, 0.3) is 11.4 Å². The molecule has 0 spiro atoms. The quantitative estimate of drug-likeness (QED) is 0.435. The minimum atomic E-state index is -4.49. The molecule has 0 bridgehead atoms. The molecule has 3 aromatic rings. The lowest BCUT2D eigenvalue weighted by Gasteiger charge is -2.35. The van der Waals surface area contributed by atoms with Gasteiger partial charge in [0.15, 0.2) is 5.13 Å². The number of amides is 1. The van der Waals surface area contributed by atoms with Gasteiger partial charge in [0.1, 0.15) is 18.1 Å². The van der Waals surface area contributed by atoms with Gasteiger partial charge in [-0.05, 0) is 38.1 Å². The van der Waals surface area contributed by atoms with Crippen molar-refractivity contribution in [3.05, 3.63) is 53.2 Å². The Morgan fingerprint density at radius 2 is 1.92 bits per heavy atom. The van der Waals surface area contributed by atoms with Gasteiger partial charge >= 0.3 is 6.18 Å². The number of nitriles is 1. The first-order valence-corrected chi connectivity index (χ1v) is 12.6. The molecule has 1 aliphatic rings. The summed E-state index contributed by atoms with van der Waals surface area (Å²) in [4.78, 5) is 28.8. The van der Waals surface area contributed by atoms with E-state index in [1.165, 1.54) is 36.6 Å². The number of anilines is 2. The molecule has 0 aliphatic carbocycles. The van der Waals surface area contributed by atoms with Gasteiger partial charge in [-0.1, -0.05) is 17.4 Å². The van der Waals surface area contributed by atoms with E-state index in [0.29, 0.717) is 17.5 Å². The number of morpholine rings is 1.